The fraction of sp³-hybridized carbons (Fsp3) is 0.349. The predicted molar refractivity (Wildman–Crippen MR) is 213 cm³/mol. The predicted octanol–water partition coefficient (Wildman–Crippen LogP) is 9.26. The van der Waals surface area contributed by atoms with Crippen LogP contribution >= 0.6 is 0 Å². The van der Waals surface area contributed by atoms with E-state index in [-0.39, 0.29) is 41.8 Å². The van der Waals surface area contributed by atoms with Crippen LogP contribution in [0, 0.1) is 11.6 Å². The summed E-state index contributed by atoms with van der Waals surface area (Å²) in [4.78, 5) is 28.0. The van der Waals surface area contributed by atoms with E-state index >= 15 is 8.78 Å². The molecule has 9 nitrogen and oxygen atoms in total. The normalized spacial score (nSPS) is 13.6. The molecule has 0 unspecified atom stereocenters. The number of hydrogen-bond acceptors (Lipinski definition) is 7. The number of esters is 1. The van der Waals surface area contributed by atoms with Gasteiger partial charge in [-0.25, -0.2) is 13.6 Å². The minimum atomic E-state index is -1.43. The average molecular weight is 770 g/mol. The van der Waals surface area contributed by atoms with Gasteiger partial charge in [0.1, 0.15) is 36.3 Å². The van der Waals surface area contributed by atoms with E-state index in [9.17, 15) is 9.59 Å². The van der Waals surface area contributed by atoms with Crippen molar-refractivity contribution >= 4 is 36.5 Å². The summed E-state index contributed by atoms with van der Waals surface area (Å²) in [7, 11) is -1.43. The number of aromatic nitrogens is 1. The van der Waals surface area contributed by atoms with E-state index in [0.717, 1.165) is 17.2 Å². The SMILES string of the molecule is CC(=O)NC(C)(C)c1ccc(Oc2c(C(=O)OCc3ccccc3)c3cc(-c4c(F)cc(N5CCOCC5)cc4F)ccc3n2COCC[Si](C)(C)C)cc1. The Morgan fingerprint density at radius 2 is 1.58 bits per heavy atom. The lowest BCUT2D eigenvalue weighted by molar-refractivity contribution is -0.120. The van der Waals surface area contributed by atoms with Crippen molar-refractivity contribution in [3.63, 3.8) is 0 Å². The Labute approximate surface area is 322 Å². The molecule has 1 aromatic heterocycles. The van der Waals surface area contributed by atoms with Gasteiger partial charge >= 0.3 is 5.97 Å². The highest BCUT2D eigenvalue weighted by atomic mass is 28.3. The molecule has 0 spiro atoms. The summed E-state index contributed by atoms with van der Waals surface area (Å²) in [5.41, 5.74) is 2.14. The van der Waals surface area contributed by atoms with Crippen LogP contribution < -0.4 is 15.0 Å². The van der Waals surface area contributed by atoms with E-state index in [4.69, 9.17) is 18.9 Å². The van der Waals surface area contributed by atoms with Gasteiger partial charge < -0.3 is 29.2 Å². The molecule has 0 radical (unpaired) electrons. The average Bonchev–Trinajstić information content (AvgIpc) is 3.44. The van der Waals surface area contributed by atoms with Crippen molar-refractivity contribution < 1.29 is 37.3 Å². The van der Waals surface area contributed by atoms with E-state index in [1.54, 1.807) is 34.9 Å². The molecule has 55 heavy (non-hydrogen) atoms. The van der Waals surface area contributed by atoms with Crippen molar-refractivity contribution in [3.8, 4) is 22.8 Å². The van der Waals surface area contributed by atoms with Gasteiger partial charge in [0.15, 0.2) is 0 Å². The highest BCUT2D eigenvalue weighted by molar-refractivity contribution is 6.76. The number of carbonyl (C=O) groups is 2. The summed E-state index contributed by atoms with van der Waals surface area (Å²) in [6.45, 7) is 14.6. The van der Waals surface area contributed by atoms with Crippen molar-refractivity contribution in [3.05, 3.63) is 113 Å². The van der Waals surface area contributed by atoms with Crippen LogP contribution in [-0.2, 0) is 37.9 Å². The largest absolute Gasteiger partial charge is 0.457 e. The topological polar surface area (TPSA) is 91.3 Å². The quantitative estimate of drug-likeness (QED) is 0.0684. The van der Waals surface area contributed by atoms with Crippen LogP contribution in [0.5, 0.6) is 11.6 Å². The zero-order valence-corrected chi connectivity index (χ0v) is 33.3. The minimum Gasteiger partial charge on any atom is -0.457 e. The smallest absolute Gasteiger partial charge is 0.344 e. The first-order valence-electron chi connectivity index (χ1n) is 18.5. The van der Waals surface area contributed by atoms with Gasteiger partial charge in [0.25, 0.3) is 0 Å². The fourth-order valence-electron chi connectivity index (χ4n) is 6.65. The van der Waals surface area contributed by atoms with Gasteiger partial charge in [-0.2, -0.15) is 0 Å². The molecule has 290 valence electrons. The number of nitrogens with zero attached hydrogens (tertiary/aromatic N) is 2. The number of fused-ring (bicyclic) bond motifs is 1. The molecule has 1 N–H and O–H groups in total. The first kappa shape index (κ1) is 39.6. The maximum atomic E-state index is 15.9. The number of benzene rings is 4. The molecule has 2 heterocycles. The third-order valence-corrected chi connectivity index (χ3v) is 11.3. The van der Waals surface area contributed by atoms with Crippen LogP contribution in [0.25, 0.3) is 22.0 Å². The first-order chi connectivity index (χ1) is 26.2. The first-order valence-corrected chi connectivity index (χ1v) is 22.3. The van der Waals surface area contributed by atoms with E-state index in [1.807, 2.05) is 61.2 Å². The number of carbonyl (C=O) groups excluding carboxylic acids is 2. The zero-order chi connectivity index (χ0) is 39.3. The number of hydrogen-bond donors (Lipinski definition) is 1. The van der Waals surface area contributed by atoms with Gasteiger partial charge in [0, 0.05) is 45.8 Å². The number of rotatable bonds is 14. The molecule has 1 aliphatic rings. The molecular formula is C43H49F2N3O6Si. The Morgan fingerprint density at radius 3 is 2.22 bits per heavy atom. The second-order valence-corrected chi connectivity index (χ2v) is 21.2. The summed E-state index contributed by atoms with van der Waals surface area (Å²) < 4.78 is 57.7. The summed E-state index contributed by atoms with van der Waals surface area (Å²) >= 11 is 0. The number of anilines is 1. The van der Waals surface area contributed by atoms with Crippen LogP contribution in [0.4, 0.5) is 14.5 Å². The van der Waals surface area contributed by atoms with Crippen LogP contribution in [-0.4, -0.2) is 57.4 Å². The second kappa shape index (κ2) is 16.8. The minimum absolute atomic E-state index is 0.00260. The summed E-state index contributed by atoms with van der Waals surface area (Å²) in [6, 6.07) is 25.1. The van der Waals surface area contributed by atoms with E-state index < -0.39 is 31.2 Å². The molecule has 0 aliphatic carbocycles. The molecular weight excluding hydrogens is 721 g/mol. The Morgan fingerprint density at radius 1 is 0.909 bits per heavy atom. The van der Waals surface area contributed by atoms with Crippen molar-refractivity contribution in [1.82, 2.24) is 9.88 Å². The second-order valence-electron chi connectivity index (χ2n) is 15.6. The van der Waals surface area contributed by atoms with Crippen molar-refractivity contribution in [2.75, 3.05) is 37.8 Å². The van der Waals surface area contributed by atoms with Gasteiger partial charge in [0.05, 0.1) is 29.8 Å². The molecule has 0 bridgehead atoms. The van der Waals surface area contributed by atoms with Gasteiger partial charge in [-0.3, -0.25) is 9.36 Å². The molecule has 1 aliphatic heterocycles. The van der Waals surface area contributed by atoms with E-state index in [0.29, 0.717) is 55.2 Å². The standard InChI is InChI=1S/C43H49F2N3O6Si/c1-29(49)46-43(2,3)32-13-15-34(16-14-32)54-41-40(42(50)53-27-30-10-8-7-9-11-30)35-24-31(12-17-38(35)48(41)28-52-22-23-55(4,5)6)39-36(44)25-33(26-37(39)45)47-18-20-51-21-19-47/h7-17,24-26H,18-23,27-28H2,1-6H3,(H,46,49). The molecule has 1 fully saturated rings. The Hall–Kier alpha value is -5.04. The van der Waals surface area contributed by atoms with E-state index in [1.165, 1.54) is 19.1 Å². The molecule has 1 amide bonds. The molecule has 6 rings (SSSR count). The van der Waals surface area contributed by atoms with E-state index in [2.05, 4.69) is 25.0 Å². The third-order valence-electron chi connectivity index (χ3n) is 9.62. The Balaban J connectivity index is 1.46. The summed E-state index contributed by atoms with van der Waals surface area (Å²) in [6.07, 6.45) is 0. The van der Waals surface area contributed by atoms with Crippen LogP contribution in [0.15, 0.2) is 84.9 Å². The molecule has 0 atom stereocenters. The number of morpholine rings is 1. The maximum Gasteiger partial charge on any atom is 0.344 e. The number of amides is 1. The number of ether oxygens (including phenoxy) is 4. The molecule has 4 aromatic carbocycles. The van der Waals surface area contributed by atoms with Gasteiger partial charge in [-0.15, -0.1) is 0 Å². The molecule has 1 saturated heterocycles. The Kier molecular flexibility index (Phi) is 12.1. The van der Waals surface area contributed by atoms with Crippen LogP contribution in [0.1, 0.15) is 42.3 Å². The molecule has 12 heteroatoms. The lowest BCUT2D eigenvalue weighted by atomic mass is 9.94. The monoisotopic (exact) mass is 769 g/mol. The number of nitrogens with one attached hydrogen (secondary N) is 1. The van der Waals surface area contributed by atoms with Gasteiger partial charge in [0.2, 0.25) is 11.8 Å². The van der Waals surface area contributed by atoms with Crippen molar-refractivity contribution in [1.29, 1.82) is 0 Å². The lowest BCUT2D eigenvalue weighted by Crippen LogP contribution is -2.39. The molecule has 0 saturated carbocycles. The van der Waals surface area contributed by atoms with Crippen LogP contribution in [0.3, 0.4) is 0 Å². The lowest BCUT2D eigenvalue weighted by Gasteiger charge is -2.29. The summed E-state index contributed by atoms with van der Waals surface area (Å²) in [5.74, 6) is -1.69. The Bertz CT molecular complexity index is 2120. The van der Waals surface area contributed by atoms with Crippen LogP contribution in [0.2, 0.25) is 25.7 Å². The molecule has 5 aromatic rings. The third kappa shape index (κ3) is 9.62. The number of halogens is 2. The van der Waals surface area contributed by atoms with Gasteiger partial charge in [-0.05, 0) is 73.0 Å². The van der Waals surface area contributed by atoms with Crippen molar-refractivity contribution in [2.45, 2.75) is 65.3 Å². The highest BCUT2D eigenvalue weighted by Gasteiger charge is 2.29. The van der Waals surface area contributed by atoms with Crippen molar-refractivity contribution in [2.24, 2.45) is 0 Å². The summed E-state index contributed by atoms with van der Waals surface area (Å²) in [5, 5.41) is 3.34. The zero-order valence-electron chi connectivity index (χ0n) is 32.3. The maximum absolute atomic E-state index is 15.9. The van der Waals surface area contributed by atoms with Gasteiger partial charge in [-0.1, -0.05) is 68.2 Å². The highest BCUT2D eigenvalue weighted by Crippen LogP contribution is 2.40. The fourth-order valence-corrected chi connectivity index (χ4v) is 7.41.